The van der Waals surface area contributed by atoms with Gasteiger partial charge in [0.05, 0.1) is 12.8 Å². The van der Waals surface area contributed by atoms with E-state index in [1.807, 2.05) is 6.92 Å². The van der Waals surface area contributed by atoms with Crippen LogP contribution in [0, 0.1) is 5.92 Å². The van der Waals surface area contributed by atoms with Gasteiger partial charge in [0.2, 0.25) is 5.95 Å². The molecule has 2 rings (SSSR count). The van der Waals surface area contributed by atoms with Crippen LogP contribution in [0.1, 0.15) is 19.8 Å². The Bertz CT molecular complexity index is 382. The average Bonchev–Trinajstić information content (AvgIpc) is 2.41. The first-order chi connectivity index (χ1) is 8.79. The van der Waals surface area contributed by atoms with Crippen molar-refractivity contribution < 1.29 is 4.74 Å². The van der Waals surface area contributed by atoms with Gasteiger partial charge in [-0.15, -0.1) is 0 Å². The molecule has 0 aliphatic carbocycles. The quantitative estimate of drug-likeness (QED) is 0.860. The van der Waals surface area contributed by atoms with Crippen molar-refractivity contribution in [2.24, 2.45) is 5.92 Å². The van der Waals surface area contributed by atoms with Crippen molar-refractivity contribution in [1.82, 2.24) is 9.97 Å². The first-order valence-corrected chi connectivity index (χ1v) is 6.75. The number of nitrogens with zero attached hydrogens (tertiary/aromatic N) is 2. The molecule has 1 aromatic rings. The van der Waals surface area contributed by atoms with Gasteiger partial charge in [-0.2, -0.15) is 4.98 Å². The van der Waals surface area contributed by atoms with Crippen molar-refractivity contribution in [3.05, 3.63) is 11.2 Å². The molecule has 1 saturated heterocycles. The summed E-state index contributed by atoms with van der Waals surface area (Å²) in [7, 11) is 0. The topological polar surface area (TPSA) is 59.1 Å². The van der Waals surface area contributed by atoms with E-state index >= 15 is 0 Å². The molecule has 5 nitrogen and oxygen atoms in total. The van der Waals surface area contributed by atoms with Gasteiger partial charge in [0, 0.05) is 19.7 Å². The van der Waals surface area contributed by atoms with Crippen LogP contribution in [0.3, 0.4) is 0 Å². The number of anilines is 2. The molecule has 2 heterocycles. The fourth-order valence-corrected chi connectivity index (χ4v) is 2.10. The molecule has 0 saturated carbocycles. The van der Waals surface area contributed by atoms with E-state index in [2.05, 4.69) is 20.6 Å². The monoisotopic (exact) mass is 270 g/mol. The standard InChI is InChI=1S/C12H19ClN4O/c1-2-14-12-16-7-10(13)11(17-12)15-6-9-4-3-5-18-8-9/h7,9H,2-6,8H2,1H3,(H2,14,15,16,17). The van der Waals surface area contributed by atoms with Crippen LogP contribution >= 0.6 is 11.6 Å². The molecule has 0 radical (unpaired) electrons. The molecule has 0 aromatic carbocycles. The molecule has 100 valence electrons. The molecule has 0 spiro atoms. The number of rotatable bonds is 5. The van der Waals surface area contributed by atoms with Crippen LogP contribution in [0.4, 0.5) is 11.8 Å². The third-order valence-corrected chi connectivity index (χ3v) is 3.17. The van der Waals surface area contributed by atoms with E-state index in [0.29, 0.717) is 22.7 Å². The first-order valence-electron chi connectivity index (χ1n) is 6.37. The van der Waals surface area contributed by atoms with Crippen LogP contribution in [0.2, 0.25) is 5.02 Å². The lowest BCUT2D eigenvalue weighted by Gasteiger charge is -2.22. The molecular weight excluding hydrogens is 252 g/mol. The van der Waals surface area contributed by atoms with Crippen molar-refractivity contribution in [2.75, 3.05) is 36.9 Å². The van der Waals surface area contributed by atoms with Gasteiger partial charge in [-0.1, -0.05) is 11.6 Å². The summed E-state index contributed by atoms with van der Waals surface area (Å²) in [4.78, 5) is 8.44. The van der Waals surface area contributed by atoms with Gasteiger partial charge in [0.1, 0.15) is 10.8 Å². The Morgan fingerprint density at radius 1 is 1.50 bits per heavy atom. The minimum atomic E-state index is 0.535. The zero-order chi connectivity index (χ0) is 12.8. The second kappa shape index (κ2) is 6.75. The molecule has 18 heavy (non-hydrogen) atoms. The molecule has 1 aliphatic rings. The van der Waals surface area contributed by atoms with Crippen LogP contribution in [-0.2, 0) is 4.74 Å². The maximum absolute atomic E-state index is 6.07. The fourth-order valence-electron chi connectivity index (χ4n) is 1.94. The number of nitrogens with one attached hydrogen (secondary N) is 2. The van der Waals surface area contributed by atoms with Crippen molar-refractivity contribution in [3.8, 4) is 0 Å². The normalized spacial score (nSPS) is 19.6. The van der Waals surface area contributed by atoms with Gasteiger partial charge in [0.25, 0.3) is 0 Å². The summed E-state index contributed by atoms with van der Waals surface area (Å²) >= 11 is 6.07. The largest absolute Gasteiger partial charge is 0.381 e. The number of ether oxygens (including phenoxy) is 1. The summed E-state index contributed by atoms with van der Waals surface area (Å²) in [6.45, 7) is 5.33. The lowest BCUT2D eigenvalue weighted by atomic mass is 10.0. The van der Waals surface area contributed by atoms with E-state index in [9.17, 15) is 0 Å². The fraction of sp³-hybridized carbons (Fsp3) is 0.667. The summed E-state index contributed by atoms with van der Waals surface area (Å²) in [5.41, 5.74) is 0. The highest BCUT2D eigenvalue weighted by Crippen LogP contribution is 2.21. The SMILES string of the molecule is CCNc1ncc(Cl)c(NCC2CCCOC2)n1. The Balaban J connectivity index is 1.92. The Labute approximate surface area is 112 Å². The van der Waals surface area contributed by atoms with Gasteiger partial charge in [-0.3, -0.25) is 0 Å². The van der Waals surface area contributed by atoms with Crippen molar-refractivity contribution in [3.63, 3.8) is 0 Å². The van der Waals surface area contributed by atoms with E-state index in [1.54, 1.807) is 6.20 Å². The van der Waals surface area contributed by atoms with E-state index in [0.717, 1.165) is 32.7 Å². The lowest BCUT2D eigenvalue weighted by Crippen LogP contribution is -2.24. The van der Waals surface area contributed by atoms with E-state index < -0.39 is 0 Å². The maximum Gasteiger partial charge on any atom is 0.224 e. The molecule has 1 fully saturated rings. The number of halogens is 1. The average molecular weight is 271 g/mol. The van der Waals surface area contributed by atoms with Crippen LogP contribution in [0.15, 0.2) is 6.20 Å². The Kier molecular flexibility index (Phi) is 5.01. The highest BCUT2D eigenvalue weighted by atomic mass is 35.5. The predicted molar refractivity (Wildman–Crippen MR) is 73.2 cm³/mol. The highest BCUT2D eigenvalue weighted by Gasteiger charge is 2.14. The summed E-state index contributed by atoms with van der Waals surface area (Å²) < 4.78 is 5.44. The van der Waals surface area contributed by atoms with Crippen LogP contribution in [-0.4, -0.2) is 36.3 Å². The molecule has 0 bridgehead atoms. The molecular formula is C12H19ClN4O. The lowest BCUT2D eigenvalue weighted by molar-refractivity contribution is 0.0595. The smallest absolute Gasteiger partial charge is 0.224 e. The minimum Gasteiger partial charge on any atom is -0.381 e. The highest BCUT2D eigenvalue weighted by molar-refractivity contribution is 6.32. The summed E-state index contributed by atoms with van der Waals surface area (Å²) in [6.07, 6.45) is 3.94. The third kappa shape index (κ3) is 3.71. The molecule has 1 atom stereocenters. The number of hydrogen-bond donors (Lipinski definition) is 2. The zero-order valence-corrected chi connectivity index (χ0v) is 11.3. The molecule has 1 unspecified atom stereocenters. The predicted octanol–water partition coefficient (Wildman–Crippen LogP) is 2.40. The first kappa shape index (κ1) is 13.4. The number of aromatic nitrogens is 2. The molecule has 0 amide bonds. The summed E-state index contributed by atoms with van der Waals surface area (Å²) in [6, 6.07) is 0. The van der Waals surface area contributed by atoms with Gasteiger partial charge in [0.15, 0.2) is 0 Å². The van der Waals surface area contributed by atoms with Gasteiger partial charge in [-0.05, 0) is 25.7 Å². The molecule has 2 N–H and O–H groups in total. The second-order valence-corrected chi connectivity index (χ2v) is 4.79. The van der Waals surface area contributed by atoms with E-state index in [-0.39, 0.29) is 0 Å². The van der Waals surface area contributed by atoms with Crippen molar-refractivity contribution in [1.29, 1.82) is 0 Å². The van der Waals surface area contributed by atoms with Gasteiger partial charge in [-0.25, -0.2) is 4.98 Å². The third-order valence-electron chi connectivity index (χ3n) is 2.89. The summed E-state index contributed by atoms with van der Waals surface area (Å²) in [5, 5.41) is 6.90. The Morgan fingerprint density at radius 2 is 2.39 bits per heavy atom. The van der Waals surface area contributed by atoms with Crippen LogP contribution < -0.4 is 10.6 Å². The summed E-state index contributed by atoms with van der Waals surface area (Å²) in [5.74, 6) is 1.82. The second-order valence-electron chi connectivity index (χ2n) is 4.38. The Hall–Kier alpha value is -1.07. The zero-order valence-electron chi connectivity index (χ0n) is 10.6. The van der Waals surface area contributed by atoms with Crippen LogP contribution in [0.5, 0.6) is 0 Å². The van der Waals surface area contributed by atoms with Gasteiger partial charge < -0.3 is 15.4 Å². The number of hydrogen-bond acceptors (Lipinski definition) is 5. The molecule has 6 heteroatoms. The maximum atomic E-state index is 6.07. The van der Waals surface area contributed by atoms with Crippen molar-refractivity contribution >= 4 is 23.4 Å². The molecule has 1 aliphatic heterocycles. The van der Waals surface area contributed by atoms with E-state index in [4.69, 9.17) is 16.3 Å². The molecule has 1 aromatic heterocycles. The van der Waals surface area contributed by atoms with E-state index in [1.165, 1.54) is 6.42 Å². The van der Waals surface area contributed by atoms with Crippen LogP contribution in [0.25, 0.3) is 0 Å². The van der Waals surface area contributed by atoms with Crippen molar-refractivity contribution in [2.45, 2.75) is 19.8 Å². The Morgan fingerprint density at radius 3 is 3.11 bits per heavy atom. The minimum absolute atomic E-state index is 0.535. The van der Waals surface area contributed by atoms with Gasteiger partial charge >= 0.3 is 0 Å².